The van der Waals surface area contributed by atoms with Crippen LogP contribution in [-0.4, -0.2) is 43.0 Å². The second kappa shape index (κ2) is 6.63. The molecule has 0 radical (unpaired) electrons. The van der Waals surface area contributed by atoms with Crippen LogP contribution in [0.25, 0.3) is 11.3 Å². The normalized spacial score (nSPS) is 10.6. The molecule has 2 rings (SSSR count). The number of aromatic nitrogens is 1. The van der Waals surface area contributed by atoms with Crippen LogP contribution in [0.3, 0.4) is 0 Å². The molecule has 0 aliphatic carbocycles. The molecule has 0 saturated heterocycles. The van der Waals surface area contributed by atoms with Crippen molar-refractivity contribution in [2.24, 2.45) is 0 Å². The zero-order chi connectivity index (χ0) is 14.5. The second-order valence-corrected chi connectivity index (χ2v) is 5.81. The van der Waals surface area contributed by atoms with Gasteiger partial charge in [0.15, 0.2) is 0 Å². The number of carbonyl (C=O) groups is 1. The highest BCUT2D eigenvalue weighted by Gasteiger charge is 2.20. The van der Waals surface area contributed by atoms with E-state index < -0.39 is 0 Å². The first kappa shape index (κ1) is 14.7. The molecule has 0 unspecified atom stereocenters. The van der Waals surface area contributed by atoms with E-state index >= 15 is 0 Å². The highest BCUT2D eigenvalue weighted by Crippen LogP contribution is 2.28. The number of amides is 1. The number of rotatable bonds is 5. The molecule has 0 saturated carbocycles. The van der Waals surface area contributed by atoms with Gasteiger partial charge >= 0.3 is 0 Å². The van der Waals surface area contributed by atoms with Crippen molar-refractivity contribution in [1.29, 1.82) is 0 Å². The van der Waals surface area contributed by atoms with Gasteiger partial charge in [-0.1, -0.05) is 30.3 Å². The van der Waals surface area contributed by atoms with Gasteiger partial charge in [-0.15, -0.1) is 11.3 Å². The molecule has 0 bridgehead atoms. The van der Waals surface area contributed by atoms with Gasteiger partial charge < -0.3 is 10.2 Å². The zero-order valence-electron chi connectivity index (χ0n) is 12.0. The van der Waals surface area contributed by atoms with Crippen molar-refractivity contribution in [2.45, 2.75) is 6.92 Å². The molecule has 0 aliphatic rings. The maximum Gasteiger partial charge on any atom is 0.266 e. The average Bonchev–Trinajstić information content (AvgIpc) is 2.86. The van der Waals surface area contributed by atoms with E-state index in [1.165, 1.54) is 11.3 Å². The number of nitrogens with zero attached hydrogens (tertiary/aromatic N) is 2. The first-order valence-corrected chi connectivity index (χ1v) is 7.38. The van der Waals surface area contributed by atoms with Gasteiger partial charge in [0.2, 0.25) is 0 Å². The molecule has 5 heteroatoms. The van der Waals surface area contributed by atoms with Crippen LogP contribution in [0.4, 0.5) is 0 Å². The van der Waals surface area contributed by atoms with Gasteiger partial charge in [-0.2, -0.15) is 0 Å². The number of hydrogen-bond donors (Lipinski definition) is 1. The van der Waals surface area contributed by atoms with E-state index in [0.717, 1.165) is 22.8 Å². The zero-order valence-corrected chi connectivity index (χ0v) is 12.8. The molecule has 20 heavy (non-hydrogen) atoms. The van der Waals surface area contributed by atoms with Gasteiger partial charge in [-0.25, -0.2) is 4.98 Å². The molecule has 2 aromatic rings. The molecular weight excluding hydrogens is 270 g/mol. The van der Waals surface area contributed by atoms with E-state index in [2.05, 4.69) is 10.3 Å². The van der Waals surface area contributed by atoms with Crippen LogP contribution >= 0.6 is 11.3 Å². The van der Waals surface area contributed by atoms with Crippen molar-refractivity contribution in [3.05, 3.63) is 40.2 Å². The lowest BCUT2D eigenvalue weighted by Gasteiger charge is -2.16. The maximum absolute atomic E-state index is 12.5. The van der Waals surface area contributed by atoms with Crippen molar-refractivity contribution >= 4 is 17.2 Å². The summed E-state index contributed by atoms with van der Waals surface area (Å²) in [5.74, 6) is 0.0321. The monoisotopic (exact) mass is 289 g/mol. The third kappa shape index (κ3) is 3.23. The number of thiazole rings is 1. The van der Waals surface area contributed by atoms with Crippen LogP contribution in [0.15, 0.2) is 30.3 Å². The summed E-state index contributed by atoms with van der Waals surface area (Å²) in [6.45, 7) is 3.39. The van der Waals surface area contributed by atoms with Crippen molar-refractivity contribution in [2.75, 3.05) is 27.2 Å². The Labute approximate surface area is 123 Å². The van der Waals surface area contributed by atoms with Crippen LogP contribution in [0, 0.1) is 6.92 Å². The minimum absolute atomic E-state index is 0.0321. The van der Waals surface area contributed by atoms with E-state index in [1.807, 2.05) is 51.4 Å². The summed E-state index contributed by atoms with van der Waals surface area (Å²) >= 11 is 1.46. The van der Waals surface area contributed by atoms with E-state index in [0.29, 0.717) is 11.4 Å². The number of benzene rings is 1. The Kier molecular flexibility index (Phi) is 4.87. The highest BCUT2D eigenvalue weighted by atomic mass is 32.1. The Hall–Kier alpha value is -1.72. The van der Waals surface area contributed by atoms with Crippen LogP contribution < -0.4 is 5.32 Å². The third-order valence-electron chi connectivity index (χ3n) is 3.02. The minimum Gasteiger partial charge on any atom is -0.340 e. The lowest BCUT2D eigenvalue weighted by molar-refractivity contribution is 0.0802. The van der Waals surface area contributed by atoms with E-state index in [9.17, 15) is 4.79 Å². The Morgan fingerprint density at radius 2 is 2.05 bits per heavy atom. The molecule has 4 nitrogen and oxygen atoms in total. The molecular formula is C15H19N3OS. The SMILES string of the molecule is CNCCN(C)C(=O)c1sc(C)nc1-c1ccccc1. The van der Waals surface area contributed by atoms with Crippen LogP contribution in [-0.2, 0) is 0 Å². The molecule has 0 aliphatic heterocycles. The van der Waals surface area contributed by atoms with Crippen molar-refractivity contribution in [1.82, 2.24) is 15.2 Å². The number of aryl methyl sites for hydroxylation is 1. The fourth-order valence-electron chi connectivity index (χ4n) is 1.92. The predicted molar refractivity (Wildman–Crippen MR) is 83.2 cm³/mol. The lowest BCUT2D eigenvalue weighted by Crippen LogP contribution is -2.32. The van der Waals surface area contributed by atoms with Gasteiger partial charge in [0.1, 0.15) is 4.88 Å². The fourth-order valence-corrected chi connectivity index (χ4v) is 2.85. The summed E-state index contributed by atoms with van der Waals surface area (Å²) in [5, 5.41) is 3.96. The molecule has 106 valence electrons. The average molecular weight is 289 g/mol. The van der Waals surface area contributed by atoms with Gasteiger partial charge in [-0.05, 0) is 14.0 Å². The highest BCUT2D eigenvalue weighted by molar-refractivity contribution is 7.14. The Balaban J connectivity index is 2.31. The minimum atomic E-state index is 0.0321. The molecule has 1 N–H and O–H groups in total. The van der Waals surface area contributed by atoms with Crippen LogP contribution in [0.2, 0.25) is 0 Å². The van der Waals surface area contributed by atoms with Crippen LogP contribution in [0.1, 0.15) is 14.7 Å². The smallest absolute Gasteiger partial charge is 0.266 e. The van der Waals surface area contributed by atoms with E-state index in [-0.39, 0.29) is 5.91 Å². The van der Waals surface area contributed by atoms with E-state index in [1.54, 1.807) is 4.90 Å². The first-order chi connectivity index (χ1) is 9.63. The van der Waals surface area contributed by atoms with Gasteiger partial charge in [0.25, 0.3) is 5.91 Å². The first-order valence-electron chi connectivity index (χ1n) is 6.56. The van der Waals surface area contributed by atoms with Gasteiger partial charge in [0.05, 0.1) is 10.7 Å². The summed E-state index contributed by atoms with van der Waals surface area (Å²) in [6.07, 6.45) is 0. The number of nitrogens with one attached hydrogen (secondary N) is 1. The Bertz CT molecular complexity index is 580. The topological polar surface area (TPSA) is 45.2 Å². The molecule has 0 fully saturated rings. The summed E-state index contributed by atoms with van der Waals surface area (Å²) in [7, 11) is 3.70. The predicted octanol–water partition coefficient (Wildman–Crippen LogP) is 2.41. The summed E-state index contributed by atoms with van der Waals surface area (Å²) < 4.78 is 0. The van der Waals surface area contributed by atoms with E-state index in [4.69, 9.17) is 0 Å². The molecule has 1 amide bonds. The molecule has 1 aromatic carbocycles. The summed E-state index contributed by atoms with van der Waals surface area (Å²) in [5.41, 5.74) is 1.77. The quantitative estimate of drug-likeness (QED) is 0.919. The largest absolute Gasteiger partial charge is 0.340 e. The van der Waals surface area contributed by atoms with Crippen molar-refractivity contribution in [3.63, 3.8) is 0 Å². The molecule has 1 aromatic heterocycles. The number of likely N-dealkylation sites (N-methyl/N-ethyl adjacent to an activating group) is 2. The second-order valence-electron chi connectivity index (χ2n) is 4.61. The number of hydrogen-bond acceptors (Lipinski definition) is 4. The summed E-state index contributed by atoms with van der Waals surface area (Å²) in [4.78, 5) is 19.5. The summed E-state index contributed by atoms with van der Waals surface area (Å²) in [6, 6.07) is 9.85. The number of carbonyl (C=O) groups excluding carboxylic acids is 1. The Morgan fingerprint density at radius 1 is 1.35 bits per heavy atom. The fraction of sp³-hybridized carbons (Fsp3) is 0.333. The van der Waals surface area contributed by atoms with Crippen LogP contribution in [0.5, 0.6) is 0 Å². The van der Waals surface area contributed by atoms with Crippen molar-refractivity contribution in [3.8, 4) is 11.3 Å². The molecule has 1 heterocycles. The Morgan fingerprint density at radius 3 is 2.70 bits per heavy atom. The maximum atomic E-state index is 12.5. The molecule has 0 spiro atoms. The lowest BCUT2D eigenvalue weighted by atomic mass is 10.1. The standard InChI is InChI=1S/C15H19N3OS/c1-11-17-13(12-7-5-4-6-8-12)14(20-11)15(19)18(3)10-9-16-2/h4-8,16H,9-10H2,1-3H3. The molecule has 0 atom stereocenters. The van der Waals surface area contributed by atoms with Gasteiger partial charge in [0, 0.05) is 25.7 Å². The van der Waals surface area contributed by atoms with Crippen molar-refractivity contribution < 1.29 is 4.79 Å². The van der Waals surface area contributed by atoms with Gasteiger partial charge in [-0.3, -0.25) is 4.79 Å². The third-order valence-corrected chi connectivity index (χ3v) is 3.98.